The Balaban J connectivity index is 0.00000264. The Labute approximate surface area is 157 Å². The van der Waals surface area contributed by atoms with Crippen molar-refractivity contribution in [1.82, 2.24) is 10.2 Å². The first-order chi connectivity index (χ1) is 10.6. The Morgan fingerprint density at radius 2 is 2.17 bits per heavy atom. The highest BCUT2D eigenvalue weighted by Gasteiger charge is 2.15. The van der Waals surface area contributed by atoms with Crippen LogP contribution in [-0.2, 0) is 4.79 Å². The molecule has 24 heavy (non-hydrogen) atoms. The smallest absolute Gasteiger partial charge is 0.224 e. The molecule has 0 bridgehead atoms. The van der Waals surface area contributed by atoms with Gasteiger partial charge in [0.05, 0.1) is 0 Å². The summed E-state index contributed by atoms with van der Waals surface area (Å²) >= 11 is 0. The monoisotopic (exact) mass is 377 g/mol. The van der Waals surface area contributed by atoms with E-state index in [9.17, 15) is 4.79 Å². The molecular formula is C17H29Cl2N3O2. The van der Waals surface area contributed by atoms with E-state index in [0.29, 0.717) is 19.1 Å². The number of amides is 1. The van der Waals surface area contributed by atoms with Crippen LogP contribution < -0.4 is 15.4 Å². The molecule has 138 valence electrons. The van der Waals surface area contributed by atoms with Crippen molar-refractivity contribution >= 4 is 36.4 Å². The maximum absolute atomic E-state index is 12.0. The minimum atomic E-state index is 0. The molecule has 0 radical (unpaired) electrons. The van der Waals surface area contributed by atoms with Gasteiger partial charge in [0.25, 0.3) is 0 Å². The molecule has 1 aliphatic rings. The number of ether oxygens (including phenoxy) is 1. The second kappa shape index (κ2) is 12.4. The van der Waals surface area contributed by atoms with Gasteiger partial charge >= 0.3 is 0 Å². The lowest BCUT2D eigenvalue weighted by atomic mass is 10.1. The quantitative estimate of drug-likeness (QED) is 0.731. The van der Waals surface area contributed by atoms with Gasteiger partial charge in [-0.1, -0.05) is 6.07 Å². The summed E-state index contributed by atoms with van der Waals surface area (Å²) in [5.74, 6) is 0.858. The first-order valence-electron chi connectivity index (χ1n) is 8.04. The summed E-state index contributed by atoms with van der Waals surface area (Å²) in [5.41, 5.74) is 0.798. The zero-order chi connectivity index (χ0) is 15.8. The largest absolute Gasteiger partial charge is 0.492 e. The average molecular weight is 378 g/mol. The second-order valence-corrected chi connectivity index (χ2v) is 6.06. The van der Waals surface area contributed by atoms with E-state index in [0.717, 1.165) is 30.9 Å². The minimum Gasteiger partial charge on any atom is -0.492 e. The molecule has 1 amide bonds. The zero-order valence-corrected chi connectivity index (χ0v) is 16.0. The number of benzene rings is 1. The number of carbonyl (C=O) groups is 1. The Hall–Kier alpha value is -1.01. The molecule has 0 saturated carbocycles. The first kappa shape index (κ1) is 23.0. The van der Waals surface area contributed by atoms with E-state index in [2.05, 4.69) is 15.5 Å². The number of likely N-dealkylation sites (N-methyl/N-ethyl adjacent to an activating group) is 1. The molecule has 1 aromatic carbocycles. The molecule has 0 aromatic heterocycles. The van der Waals surface area contributed by atoms with Crippen molar-refractivity contribution in [2.45, 2.75) is 31.7 Å². The second-order valence-electron chi connectivity index (χ2n) is 6.06. The molecule has 0 aliphatic carbocycles. The van der Waals surface area contributed by atoms with Gasteiger partial charge in [0.2, 0.25) is 5.91 Å². The summed E-state index contributed by atoms with van der Waals surface area (Å²) in [7, 11) is 4.03. The van der Waals surface area contributed by atoms with E-state index in [4.69, 9.17) is 4.74 Å². The van der Waals surface area contributed by atoms with Crippen molar-refractivity contribution in [3.63, 3.8) is 0 Å². The maximum atomic E-state index is 12.0. The number of anilines is 1. The van der Waals surface area contributed by atoms with E-state index < -0.39 is 0 Å². The highest BCUT2D eigenvalue weighted by Crippen LogP contribution is 2.18. The van der Waals surface area contributed by atoms with Crippen LogP contribution in [0.1, 0.15) is 25.7 Å². The van der Waals surface area contributed by atoms with E-state index in [1.165, 1.54) is 12.8 Å². The van der Waals surface area contributed by atoms with Gasteiger partial charge in [-0.2, -0.15) is 0 Å². The van der Waals surface area contributed by atoms with Crippen LogP contribution in [0.25, 0.3) is 0 Å². The van der Waals surface area contributed by atoms with Gasteiger partial charge in [-0.25, -0.2) is 0 Å². The predicted octanol–water partition coefficient (Wildman–Crippen LogP) is 2.94. The summed E-state index contributed by atoms with van der Waals surface area (Å²) in [6.45, 7) is 2.58. The number of nitrogens with one attached hydrogen (secondary N) is 2. The maximum Gasteiger partial charge on any atom is 0.224 e. The SMILES string of the molecule is CN(C)CCOc1cccc(NC(=O)CCC2CCCN2)c1.Cl.Cl. The number of halogens is 2. The predicted molar refractivity (Wildman–Crippen MR) is 104 cm³/mol. The molecule has 1 aliphatic heterocycles. The average Bonchev–Trinajstić information content (AvgIpc) is 2.98. The van der Waals surface area contributed by atoms with Crippen LogP contribution in [0.15, 0.2) is 24.3 Å². The van der Waals surface area contributed by atoms with Crippen LogP contribution in [0, 0.1) is 0 Å². The molecule has 2 N–H and O–H groups in total. The van der Waals surface area contributed by atoms with Crippen LogP contribution in [0.5, 0.6) is 5.75 Å². The van der Waals surface area contributed by atoms with Crippen molar-refractivity contribution in [1.29, 1.82) is 0 Å². The fourth-order valence-corrected chi connectivity index (χ4v) is 2.54. The van der Waals surface area contributed by atoms with E-state index >= 15 is 0 Å². The fraction of sp³-hybridized carbons (Fsp3) is 0.588. The van der Waals surface area contributed by atoms with Crippen LogP contribution in [0.3, 0.4) is 0 Å². The number of hydrogen-bond acceptors (Lipinski definition) is 4. The van der Waals surface area contributed by atoms with Crippen molar-refractivity contribution in [2.75, 3.05) is 39.1 Å². The number of rotatable bonds is 8. The van der Waals surface area contributed by atoms with Crippen molar-refractivity contribution < 1.29 is 9.53 Å². The molecule has 1 atom stereocenters. The van der Waals surface area contributed by atoms with Crippen molar-refractivity contribution in [2.24, 2.45) is 0 Å². The van der Waals surface area contributed by atoms with Crippen LogP contribution in [-0.4, -0.2) is 50.6 Å². The molecule has 0 spiro atoms. The Kier molecular flexibility index (Phi) is 11.8. The normalized spacial score (nSPS) is 16.2. The minimum absolute atomic E-state index is 0. The summed E-state index contributed by atoms with van der Waals surface area (Å²) in [4.78, 5) is 14.1. The third-order valence-electron chi connectivity index (χ3n) is 3.81. The van der Waals surface area contributed by atoms with E-state index in [1.807, 2.05) is 38.4 Å². The summed E-state index contributed by atoms with van der Waals surface area (Å²) in [5, 5.41) is 6.36. The Morgan fingerprint density at radius 3 is 2.83 bits per heavy atom. The molecule has 7 heteroatoms. The summed E-state index contributed by atoms with van der Waals surface area (Å²) in [6.07, 6.45) is 3.87. The van der Waals surface area contributed by atoms with Crippen molar-refractivity contribution in [3.8, 4) is 5.75 Å². The van der Waals surface area contributed by atoms with Crippen molar-refractivity contribution in [3.05, 3.63) is 24.3 Å². The molecule has 1 aromatic rings. The number of carbonyl (C=O) groups excluding carboxylic acids is 1. The highest BCUT2D eigenvalue weighted by molar-refractivity contribution is 5.90. The van der Waals surface area contributed by atoms with Gasteiger partial charge < -0.3 is 20.3 Å². The molecular weight excluding hydrogens is 349 g/mol. The highest BCUT2D eigenvalue weighted by atomic mass is 35.5. The molecule has 5 nitrogen and oxygen atoms in total. The number of nitrogens with zero attached hydrogens (tertiary/aromatic N) is 1. The third kappa shape index (κ3) is 8.73. The van der Waals surface area contributed by atoms with Gasteiger partial charge in [-0.3, -0.25) is 4.79 Å². The number of hydrogen-bond donors (Lipinski definition) is 2. The molecule has 1 unspecified atom stereocenters. The molecule has 1 heterocycles. The van der Waals surface area contributed by atoms with Crippen LogP contribution in [0.2, 0.25) is 0 Å². The summed E-state index contributed by atoms with van der Waals surface area (Å²) < 4.78 is 5.68. The lowest BCUT2D eigenvalue weighted by Gasteiger charge is -2.13. The van der Waals surface area contributed by atoms with Gasteiger partial charge in [0.15, 0.2) is 0 Å². The van der Waals surface area contributed by atoms with Gasteiger partial charge in [-0.05, 0) is 52.0 Å². The Bertz CT molecular complexity index is 481. The van der Waals surface area contributed by atoms with E-state index in [1.54, 1.807) is 0 Å². The van der Waals surface area contributed by atoms with E-state index in [-0.39, 0.29) is 30.7 Å². The Morgan fingerprint density at radius 1 is 1.38 bits per heavy atom. The first-order valence-corrected chi connectivity index (χ1v) is 8.04. The topological polar surface area (TPSA) is 53.6 Å². The third-order valence-corrected chi connectivity index (χ3v) is 3.81. The summed E-state index contributed by atoms with van der Waals surface area (Å²) in [6, 6.07) is 8.09. The van der Waals surface area contributed by atoms with Crippen LogP contribution >= 0.6 is 24.8 Å². The van der Waals surface area contributed by atoms with Crippen LogP contribution in [0.4, 0.5) is 5.69 Å². The lowest BCUT2D eigenvalue weighted by molar-refractivity contribution is -0.116. The molecule has 2 rings (SSSR count). The zero-order valence-electron chi connectivity index (χ0n) is 14.4. The van der Waals surface area contributed by atoms with Gasteiger partial charge in [-0.15, -0.1) is 24.8 Å². The standard InChI is InChI=1S/C17H27N3O2.2ClH/c1-20(2)11-12-22-16-7-3-5-15(13-16)19-17(21)9-8-14-6-4-10-18-14;;/h3,5,7,13-14,18H,4,6,8-12H2,1-2H3,(H,19,21);2*1H. The molecule has 1 saturated heterocycles. The lowest BCUT2D eigenvalue weighted by Crippen LogP contribution is -2.23. The van der Waals surface area contributed by atoms with Gasteiger partial charge in [0.1, 0.15) is 12.4 Å². The van der Waals surface area contributed by atoms with Gasteiger partial charge in [0, 0.05) is 30.8 Å². The molecule has 1 fully saturated rings. The fourth-order valence-electron chi connectivity index (χ4n) is 2.54.